The van der Waals surface area contributed by atoms with E-state index in [1.54, 1.807) is 11.1 Å². The average molecular weight is 229 g/mol. The third-order valence-electron chi connectivity index (χ3n) is 4.95. The molecule has 0 heterocycles. The predicted octanol–water partition coefficient (Wildman–Crippen LogP) is 3.64. The minimum Gasteiger partial charge on any atom is -0.330 e. The molecule has 0 aromatic heterocycles. The Morgan fingerprint density at radius 1 is 1.24 bits per heavy atom. The minimum absolute atomic E-state index is 0.490. The summed E-state index contributed by atoms with van der Waals surface area (Å²) in [6, 6.07) is 7.03. The molecular formula is C16H23N. The van der Waals surface area contributed by atoms with Gasteiger partial charge in [-0.15, -0.1) is 0 Å². The van der Waals surface area contributed by atoms with E-state index < -0.39 is 0 Å². The molecule has 0 aliphatic heterocycles. The van der Waals surface area contributed by atoms with Crippen LogP contribution in [0.25, 0.3) is 0 Å². The molecule has 3 rings (SSSR count). The lowest BCUT2D eigenvalue weighted by Gasteiger charge is -2.35. The van der Waals surface area contributed by atoms with Crippen LogP contribution >= 0.6 is 0 Å². The van der Waals surface area contributed by atoms with Crippen LogP contribution in [-0.4, -0.2) is 6.54 Å². The Bertz CT molecular complexity index is 416. The fourth-order valence-corrected chi connectivity index (χ4v) is 4.09. The van der Waals surface area contributed by atoms with Crippen LogP contribution in [0.4, 0.5) is 0 Å². The third kappa shape index (κ3) is 1.72. The smallest absolute Gasteiger partial charge is 0.000781 e. The molecule has 92 valence electrons. The maximum Gasteiger partial charge on any atom is -0.000781 e. The first-order valence-corrected chi connectivity index (χ1v) is 7.06. The highest BCUT2D eigenvalue weighted by molar-refractivity contribution is 5.45. The Balaban J connectivity index is 2.07. The van der Waals surface area contributed by atoms with E-state index in [-0.39, 0.29) is 0 Å². The van der Waals surface area contributed by atoms with Gasteiger partial charge >= 0.3 is 0 Å². The molecule has 2 aliphatic carbocycles. The zero-order valence-electron chi connectivity index (χ0n) is 10.8. The molecular weight excluding hydrogens is 206 g/mol. The third-order valence-corrected chi connectivity index (χ3v) is 4.95. The number of hydrogen-bond donors (Lipinski definition) is 1. The molecule has 1 heteroatoms. The van der Waals surface area contributed by atoms with Gasteiger partial charge in [-0.3, -0.25) is 0 Å². The molecule has 1 aromatic rings. The number of rotatable bonds is 1. The summed E-state index contributed by atoms with van der Waals surface area (Å²) in [5.41, 5.74) is 11.1. The largest absolute Gasteiger partial charge is 0.330 e. The van der Waals surface area contributed by atoms with Gasteiger partial charge in [0.25, 0.3) is 0 Å². The van der Waals surface area contributed by atoms with Gasteiger partial charge in [-0.25, -0.2) is 0 Å². The summed E-state index contributed by atoms with van der Waals surface area (Å²) in [7, 11) is 0. The Labute approximate surface area is 104 Å². The predicted molar refractivity (Wildman–Crippen MR) is 72.4 cm³/mol. The summed E-state index contributed by atoms with van der Waals surface area (Å²) in [6.07, 6.45) is 8.33. The van der Waals surface area contributed by atoms with Gasteiger partial charge in [0.2, 0.25) is 0 Å². The quantitative estimate of drug-likeness (QED) is 0.781. The highest BCUT2D eigenvalue weighted by Crippen LogP contribution is 2.53. The standard InChI is InChI=1S/C16H23N/c1-12-5-6-14-13(11-17)10-16(15(14)9-12)7-3-2-4-8-16/h5-6,9,13H,2-4,7-8,10-11,17H2,1H3. The van der Waals surface area contributed by atoms with E-state index in [1.807, 2.05) is 0 Å². The lowest BCUT2D eigenvalue weighted by atomic mass is 9.70. The van der Waals surface area contributed by atoms with Crippen molar-refractivity contribution in [1.82, 2.24) is 0 Å². The maximum absolute atomic E-state index is 5.98. The lowest BCUT2D eigenvalue weighted by Crippen LogP contribution is -2.27. The Morgan fingerprint density at radius 3 is 2.71 bits per heavy atom. The zero-order valence-corrected chi connectivity index (χ0v) is 10.8. The summed E-state index contributed by atoms with van der Waals surface area (Å²) in [5, 5.41) is 0. The number of fused-ring (bicyclic) bond motifs is 2. The van der Waals surface area contributed by atoms with Gasteiger partial charge in [0.1, 0.15) is 0 Å². The SMILES string of the molecule is Cc1ccc2c(c1)C1(CCCCC1)CC2CN. The molecule has 0 amide bonds. The second kappa shape index (κ2) is 4.13. The van der Waals surface area contributed by atoms with Crippen LogP contribution in [0.3, 0.4) is 0 Å². The van der Waals surface area contributed by atoms with E-state index in [0.29, 0.717) is 11.3 Å². The lowest BCUT2D eigenvalue weighted by molar-refractivity contribution is 0.280. The van der Waals surface area contributed by atoms with E-state index in [1.165, 1.54) is 44.1 Å². The van der Waals surface area contributed by atoms with Gasteiger partial charge < -0.3 is 5.73 Å². The molecule has 2 aliphatic rings. The monoisotopic (exact) mass is 229 g/mol. The number of hydrogen-bond acceptors (Lipinski definition) is 1. The molecule has 2 N–H and O–H groups in total. The molecule has 1 saturated carbocycles. The van der Waals surface area contributed by atoms with Crippen molar-refractivity contribution in [2.24, 2.45) is 5.73 Å². The van der Waals surface area contributed by atoms with Crippen molar-refractivity contribution in [1.29, 1.82) is 0 Å². The van der Waals surface area contributed by atoms with Crippen molar-refractivity contribution in [3.63, 3.8) is 0 Å². The topological polar surface area (TPSA) is 26.0 Å². The second-order valence-corrected chi connectivity index (χ2v) is 6.07. The molecule has 1 nitrogen and oxygen atoms in total. The van der Waals surface area contributed by atoms with Gasteiger partial charge in [0, 0.05) is 0 Å². The summed E-state index contributed by atoms with van der Waals surface area (Å²) in [5.74, 6) is 0.615. The first-order chi connectivity index (χ1) is 8.25. The summed E-state index contributed by atoms with van der Waals surface area (Å²) in [4.78, 5) is 0. The van der Waals surface area contributed by atoms with Gasteiger partial charge in [-0.2, -0.15) is 0 Å². The van der Waals surface area contributed by atoms with Gasteiger partial charge in [0.15, 0.2) is 0 Å². The molecule has 1 atom stereocenters. The van der Waals surface area contributed by atoms with Crippen LogP contribution in [0.2, 0.25) is 0 Å². The molecule has 1 unspecified atom stereocenters. The number of aryl methyl sites for hydroxylation is 1. The van der Waals surface area contributed by atoms with E-state index in [9.17, 15) is 0 Å². The van der Waals surface area contributed by atoms with Crippen LogP contribution in [-0.2, 0) is 5.41 Å². The Kier molecular flexibility index (Phi) is 2.74. The van der Waals surface area contributed by atoms with Crippen LogP contribution < -0.4 is 5.73 Å². The zero-order chi connectivity index (χ0) is 11.9. The average Bonchev–Trinajstić information content (AvgIpc) is 2.64. The molecule has 0 bridgehead atoms. The maximum atomic E-state index is 5.98. The number of nitrogens with two attached hydrogens (primary N) is 1. The first kappa shape index (κ1) is 11.3. The van der Waals surface area contributed by atoms with Crippen molar-refractivity contribution in [2.75, 3.05) is 6.54 Å². The highest BCUT2D eigenvalue weighted by Gasteiger charge is 2.43. The van der Waals surface area contributed by atoms with Crippen LogP contribution in [0, 0.1) is 6.92 Å². The molecule has 0 saturated heterocycles. The fraction of sp³-hybridized carbons (Fsp3) is 0.625. The van der Waals surface area contributed by atoms with Crippen LogP contribution in [0.15, 0.2) is 18.2 Å². The van der Waals surface area contributed by atoms with E-state index in [4.69, 9.17) is 5.73 Å². The van der Waals surface area contributed by atoms with Crippen LogP contribution in [0.5, 0.6) is 0 Å². The molecule has 1 aromatic carbocycles. The Hall–Kier alpha value is -0.820. The summed E-state index contributed by atoms with van der Waals surface area (Å²) >= 11 is 0. The van der Waals surface area contributed by atoms with Crippen molar-refractivity contribution in [3.05, 3.63) is 34.9 Å². The molecule has 1 fully saturated rings. The fourth-order valence-electron chi connectivity index (χ4n) is 4.09. The van der Waals surface area contributed by atoms with Crippen LogP contribution in [0.1, 0.15) is 61.1 Å². The van der Waals surface area contributed by atoms with Crippen molar-refractivity contribution < 1.29 is 0 Å². The Morgan fingerprint density at radius 2 is 2.00 bits per heavy atom. The normalized spacial score (nSPS) is 26.1. The van der Waals surface area contributed by atoms with Gasteiger partial charge in [-0.05, 0) is 55.2 Å². The van der Waals surface area contributed by atoms with E-state index in [0.717, 1.165) is 6.54 Å². The highest BCUT2D eigenvalue weighted by atomic mass is 14.6. The second-order valence-electron chi connectivity index (χ2n) is 6.07. The number of benzene rings is 1. The van der Waals surface area contributed by atoms with E-state index in [2.05, 4.69) is 25.1 Å². The molecule has 17 heavy (non-hydrogen) atoms. The van der Waals surface area contributed by atoms with Gasteiger partial charge in [0.05, 0.1) is 0 Å². The summed E-state index contributed by atoms with van der Waals surface area (Å²) < 4.78 is 0. The van der Waals surface area contributed by atoms with Crippen molar-refractivity contribution >= 4 is 0 Å². The summed E-state index contributed by atoms with van der Waals surface area (Å²) in [6.45, 7) is 3.03. The minimum atomic E-state index is 0.490. The van der Waals surface area contributed by atoms with Crippen molar-refractivity contribution in [3.8, 4) is 0 Å². The molecule has 1 spiro atoms. The van der Waals surface area contributed by atoms with Crippen molar-refractivity contribution in [2.45, 2.75) is 56.8 Å². The first-order valence-electron chi connectivity index (χ1n) is 7.06. The van der Waals surface area contributed by atoms with Gasteiger partial charge in [-0.1, -0.05) is 43.0 Å². The van der Waals surface area contributed by atoms with E-state index >= 15 is 0 Å². The molecule has 0 radical (unpaired) electrons.